The molecule has 402 valence electrons. The number of benzene rings is 2. The molecule has 14 nitrogen and oxygen atoms in total. The van der Waals surface area contributed by atoms with Crippen LogP contribution >= 0.6 is 0 Å². The summed E-state index contributed by atoms with van der Waals surface area (Å²) in [5, 5.41) is 9.40. The Kier molecular flexibility index (Phi) is 20.4. The number of carbonyl (C=O) groups excluding carboxylic acids is 2. The lowest BCUT2D eigenvalue weighted by Gasteiger charge is -2.36. The molecule has 6 heterocycles. The first-order chi connectivity index (χ1) is 36.1. The van der Waals surface area contributed by atoms with Crippen molar-refractivity contribution >= 4 is 23.2 Å². The number of aryl methyl sites for hydroxylation is 4. The van der Waals surface area contributed by atoms with Crippen LogP contribution in [-0.4, -0.2) is 112 Å². The number of anilines is 2. The molecule has 5 N–H and O–H groups in total. The number of piperidine rings is 2. The summed E-state index contributed by atoms with van der Waals surface area (Å²) in [5.41, 5.74) is 11.2. The molecule has 4 aromatic rings. The number of rotatable bonds is 12. The number of hydrogen-bond acceptors (Lipinski definition) is 10. The summed E-state index contributed by atoms with van der Waals surface area (Å²) in [7, 11) is 2.16. The quantitative estimate of drug-likeness (QED) is 0.0898. The zero-order valence-electron chi connectivity index (χ0n) is 46.2. The number of pyridine rings is 2. The maximum absolute atomic E-state index is 13.5. The highest BCUT2D eigenvalue weighted by Gasteiger charge is 2.27. The van der Waals surface area contributed by atoms with Crippen LogP contribution in [0.4, 0.5) is 11.4 Å². The Morgan fingerprint density at radius 1 is 0.600 bits per heavy atom. The summed E-state index contributed by atoms with van der Waals surface area (Å²) in [5.74, 6) is 14.1. The van der Waals surface area contributed by atoms with E-state index in [9.17, 15) is 19.2 Å². The molecule has 0 radical (unpaired) electrons. The van der Waals surface area contributed by atoms with Crippen LogP contribution in [-0.2, 0) is 22.6 Å². The SMILES string of the molecule is CCN(c1cc(C#CC2CCN(C)CC2)cc(C(=O)NCc2c(C)cc(C)[nH]c2=O)c1C)C1CCOCC1.CCN(c1cc(C#CC2CCNCC2)cc(C(=O)NCc2c(C)cc(C)[nH]c2=O)c1C)C1CCOCC1. The van der Waals surface area contributed by atoms with E-state index >= 15 is 0 Å². The van der Waals surface area contributed by atoms with Crippen LogP contribution in [0.1, 0.15) is 142 Å². The van der Waals surface area contributed by atoms with E-state index in [0.29, 0.717) is 46.2 Å². The lowest BCUT2D eigenvalue weighted by atomic mass is 9.96. The molecule has 0 atom stereocenters. The van der Waals surface area contributed by atoms with Crippen molar-refractivity contribution < 1.29 is 19.1 Å². The predicted molar refractivity (Wildman–Crippen MR) is 301 cm³/mol. The van der Waals surface area contributed by atoms with E-state index in [1.807, 2.05) is 65.8 Å². The molecule has 8 rings (SSSR count). The highest BCUT2D eigenvalue weighted by Crippen LogP contribution is 2.32. The number of hydrogen-bond donors (Lipinski definition) is 5. The fraction of sp³-hybridized carbons (Fsp3) is 0.541. The molecule has 0 spiro atoms. The van der Waals surface area contributed by atoms with E-state index in [-0.39, 0.29) is 36.0 Å². The number of nitrogens with zero attached hydrogens (tertiary/aromatic N) is 3. The lowest BCUT2D eigenvalue weighted by molar-refractivity contribution is 0.0845. The number of likely N-dealkylation sites (tertiary alicyclic amines) is 1. The number of aromatic nitrogens is 2. The largest absolute Gasteiger partial charge is 0.381 e. The van der Waals surface area contributed by atoms with Crippen LogP contribution in [0.3, 0.4) is 0 Å². The van der Waals surface area contributed by atoms with Crippen LogP contribution in [0, 0.1) is 77.1 Å². The Labute approximate surface area is 445 Å². The number of amides is 2. The van der Waals surface area contributed by atoms with Crippen molar-refractivity contribution in [1.82, 2.24) is 30.8 Å². The Morgan fingerprint density at radius 2 is 1.00 bits per heavy atom. The van der Waals surface area contributed by atoms with Gasteiger partial charge < -0.3 is 50.1 Å². The zero-order valence-corrected chi connectivity index (χ0v) is 46.2. The van der Waals surface area contributed by atoms with Gasteiger partial charge in [-0.05, 0) is 199 Å². The van der Waals surface area contributed by atoms with Gasteiger partial charge in [0.05, 0.1) is 0 Å². The highest BCUT2D eigenvalue weighted by molar-refractivity contribution is 5.98. The maximum atomic E-state index is 13.5. The standard InChI is InChI=1S/C31H42N4O3.C30H40N4O3/c1-6-35(26-11-15-38-16-12-26)29-19-25(8-7-24-9-13-34(5)14-10-24)18-27(23(29)4)30(36)32-20-28-21(2)17-22(3)33-31(28)37;1-5-34(25-10-14-37-15-11-25)28-18-24(7-6-23-8-12-31-13-9-23)17-26(22(28)4)29(35)32-19-27-20(2)16-21(3)33-30(27)36/h17-19,24,26H,6,9-16,20H2,1-5H3,(H,32,36)(H,33,37);16-18,23,25,31H,5,8-15,19H2,1-4H3,(H,32,35)(H,33,36). The number of nitrogens with one attached hydrogen (secondary N) is 5. The number of H-pyrrole nitrogens is 2. The molecule has 0 aliphatic carbocycles. The maximum Gasteiger partial charge on any atom is 0.253 e. The van der Waals surface area contributed by atoms with Crippen molar-refractivity contribution in [2.75, 3.05) is 82.5 Å². The van der Waals surface area contributed by atoms with Crippen molar-refractivity contribution in [3.63, 3.8) is 0 Å². The minimum absolute atomic E-state index is 0.158. The molecule has 75 heavy (non-hydrogen) atoms. The van der Waals surface area contributed by atoms with Gasteiger partial charge in [0.1, 0.15) is 0 Å². The van der Waals surface area contributed by atoms with Gasteiger partial charge in [-0.25, -0.2) is 0 Å². The highest BCUT2D eigenvalue weighted by atomic mass is 16.5. The van der Waals surface area contributed by atoms with E-state index in [1.165, 1.54) is 0 Å². The summed E-state index contributed by atoms with van der Waals surface area (Å²) in [6.45, 7) is 25.1. The average molecular weight is 1020 g/mol. The van der Waals surface area contributed by atoms with Crippen LogP contribution in [0.15, 0.2) is 46.0 Å². The lowest BCUT2D eigenvalue weighted by Crippen LogP contribution is -2.40. The summed E-state index contributed by atoms with van der Waals surface area (Å²) >= 11 is 0. The third-order valence-corrected chi connectivity index (χ3v) is 15.6. The second kappa shape index (κ2) is 27.1. The van der Waals surface area contributed by atoms with E-state index in [1.54, 1.807) is 0 Å². The molecule has 2 aromatic carbocycles. The molecule has 0 bridgehead atoms. The third-order valence-electron chi connectivity index (χ3n) is 15.6. The fourth-order valence-corrected chi connectivity index (χ4v) is 11.1. The first kappa shape index (κ1) is 56.6. The third kappa shape index (κ3) is 15.0. The summed E-state index contributed by atoms with van der Waals surface area (Å²) in [6.07, 6.45) is 8.11. The number of carbonyl (C=O) groups is 2. The van der Waals surface area contributed by atoms with Crippen LogP contribution in [0.25, 0.3) is 0 Å². The monoisotopic (exact) mass is 1020 g/mol. The summed E-state index contributed by atoms with van der Waals surface area (Å²) in [6, 6.07) is 12.7. The Morgan fingerprint density at radius 3 is 1.39 bits per heavy atom. The van der Waals surface area contributed by atoms with Gasteiger partial charge in [0, 0.05) is 133 Å². The molecular weight excluding hydrogens is 941 g/mol. The molecule has 2 aromatic heterocycles. The molecule has 14 heteroatoms. The normalized spacial score (nSPS) is 16.9. The molecule has 2 amide bonds. The van der Waals surface area contributed by atoms with E-state index < -0.39 is 0 Å². The first-order valence-corrected chi connectivity index (χ1v) is 27.5. The van der Waals surface area contributed by atoms with Crippen LogP contribution in [0.2, 0.25) is 0 Å². The second-order valence-electron chi connectivity index (χ2n) is 21.0. The molecule has 0 saturated carbocycles. The van der Waals surface area contributed by atoms with Gasteiger partial charge in [-0.2, -0.15) is 0 Å². The van der Waals surface area contributed by atoms with Crippen LogP contribution in [0.5, 0.6) is 0 Å². The summed E-state index contributed by atoms with van der Waals surface area (Å²) < 4.78 is 11.2. The fourth-order valence-electron chi connectivity index (χ4n) is 11.1. The zero-order chi connectivity index (χ0) is 53.6. The Bertz CT molecular complexity index is 2880. The molecule has 0 unspecified atom stereocenters. The van der Waals surface area contributed by atoms with Crippen molar-refractivity contribution in [2.24, 2.45) is 11.8 Å². The van der Waals surface area contributed by atoms with Crippen molar-refractivity contribution in [2.45, 2.75) is 132 Å². The second-order valence-corrected chi connectivity index (χ2v) is 21.0. The summed E-state index contributed by atoms with van der Waals surface area (Å²) in [4.78, 5) is 64.9. The van der Waals surface area contributed by atoms with Gasteiger partial charge in [0.15, 0.2) is 0 Å². The molecule has 4 aliphatic rings. The van der Waals surface area contributed by atoms with Gasteiger partial charge in [0.25, 0.3) is 22.9 Å². The van der Waals surface area contributed by atoms with Crippen molar-refractivity contribution in [1.29, 1.82) is 0 Å². The average Bonchev–Trinajstić information content (AvgIpc) is 3.40. The Hall–Kier alpha value is -6.16. The van der Waals surface area contributed by atoms with Crippen molar-refractivity contribution in [3.8, 4) is 23.7 Å². The number of ether oxygens (including phenoxy) is 2. The minimum atomic E-state index is -0.188. The van der Waals surface area contributed by atoms with Gasteiger partial charge in [-0.1, -0.05) is 23.7 Å². The van der Waals surface area contributed by atoms with E-state index in [4.69, 9.17) is 9.47 Å². The van der Waals surface area contributed by atoms with Gasteiger partial charge >= 0.3 is 0 Å². The van der Waals surface area contributed by atoms with E-state index in [0.717, 1.165) is 173 Å². The molecular formula is C61H82N8O6. The van der Waals surface area contributed by atoms with E-state index in [2.05, 4.69) is 97.3 Å². The smallest absolute Gasteiger partial charge is 0.253 e. The van der Waals surface area contributed by atoms with Crippen LogP contribution < -0.4 is 36.9 Å². The van der Waals surface area contributed by atoms with Gasteiger partial charge in [0.2, 0.25) is 0 Å². The first-order valence-electron chi connectivity index (χ1n) is 27.5. The topological polar surface area (TPSA) is 164 Å². The molecule has 4 saturated heterocycles. The molecule has 4 fully saturated rings. The molecule has 4 aliphatic heterocycles. The number of aromatic amines is 2. The van der Waals surface area contributed by atoms with Gasteiger partial charge in [-0.15, -0.1) is 0 Å². The minimum Gasteiger partial charge on any atom is -0.381 e. The van der Waals surface area contributed by atoms with Gasteiger partial charge in [-0.3, -0.25) is 19.2 Å². The predicted octanol–water partition coefficient (Wildman–Crippen LogP) is 7.52. The Balaban J connectivity index is 0.000000219. The van der Waals surface area contributed by atoms with Crippen molar-refractivity contribution in [3.05, 3.63) is 124 Å².